The molecule has 0 saturated carbocycles. The zero-order valence-corrected chi connectivity index (χ0v) is 12.9. The number of aromatic nitrogens is 4. The normalized spacial score (nSPS) is 11.8. The fourth-order valence-electron chi connectivity index (χ4n) is 2.64. The topological polar surface area (TPSA) is 69.9 Å². The number of benzene rings is 2. The van der Waals surface area contributed by atoms with E-state index in [2.05, 4.69) is 19.7 Å². The molecule has 4 aromatic rings. The smallest absolute Gasteiger partial charge is 0.406 e. The molecule has 4 rings (SSSR count). The van der Waals surface area contributed by atoms with Gasteiger partial charge in [0.15, 0.2) is 6.29 Å². The largest absolute Gasteiger partial charge is 0.573 e. The van der Waals surface area contributed by atoms with Gasteiger partial charge in [0.2, 0.25) is 0 Å². The maximum Gasteiger partial charge on any atom is 0.573 e. The lowest BCUT2D eigenvalue weighted by Crippen LogP contribution is -2.17. The van der Waals surface area contributed by atoms with Gasteiger partial charge in [0.25, 0.3) is 0 Å². The van der Waals surface area contributed by atoms with Gasteiger partial charge in [-0.3, -0.25) is 9.36 Å². The highest BCUT2D eigenvalue weighted by molar-refractivity contribution is 6.01. The molecule has 2 aromatic heterocycles. The highest BCUT2D eigenvalue weighted by Gasteiger charge is 2.31. The van der Waals surface area contributed by atoms with Crippen molar-refractivity contribution in [3.8, 4) is 11.4 Å². The Morgan fingerprint density at radius 3 is 2.46 bits per heavy atom. The molecule has 0 atom stereocenters. The Morgan fingerprint density at radius 2 is 1.77 bits per heavy atom. The first-order valence-electron chi connectivity index (χ1n) is 7.39. The molecule has 0 radical (unpaired) electrons. The predicted molar refractivity (Wildman–Crippen MR) is 86.2 cm³/mol. The van der Waals surface area contributed by atoms with Crippen molar-refractivity contribution in [2.24, 2.45) is 0 Å². The number of nitrogens with zero attached hydrogens (tertiary/aromatic N) is 4. The average Bonchev–Trinajstić information content (AvgIpc) is 3.05. The quantitative estimate of drug-likeness (QED) is 0.523. The van der Waals surface area contributed by atoms with Crippen LogP contribution < -0.4 is 4.74 Å². The lowest BCUT2D eigenvalue weighted by molar-refractivity contribution is -0.274. The predicted octanol–water partition coefficient (Wildman–Crippen LogP) is 3.68. The lowest BCUT2D eigenvalue weighted by Gasteiger charge is -2.10. The SMILES string of the molecule is O=Cc1cnc2c(ccc3c2ncn3-c2ccc(OC(F)(F)F)cc2)n1. The van der Waals surface area contributed by atoms with E-state index < -0.39 is 6.36 Å². The zero-order valence-electron chi connectivity index (χ0n) is 12.9. The van der Waals surface area contributed by atoms with Crippen LogP contribution in [0.1, 0.15) is 10.5 Å². The molecule has 0 N–H and O–H groups in total. The van der Waals surface area contributed by atoms with E-state index in [0.717, 1.165) is 0 Å². The molecule has 2 heterocycles. The zero-order chi connectivity index (χ0) is 18.3. The molecule has 0 unspecified atom stereocenters. The van der Waals surface area contributed by atoms with Gasteiger partial charge in [-0.15, -0.1) is 13.2 Å². The van der Waals surface area contributed by atoms with Gasteiger partial charge in [-0.05, 0) is 36.4 Å². The minimum atomic E-state index is -4.73. The minimum Gasteiger partial charge on any atom is -0.406 e. The second-order valence-electron chi connectivity index (χ2n) is 5.37. The molecule has 9 heteroatoms. The fraction of sp³-hybridized carbons (Fsp3) is 0.0588. The van der Waals surface area contributed by atoms with Crippen LogP contribution in [0.2, 0.25) is 0 Å². The standard InChI is InChI=1S/C17H9F3N4O2/c18-17(19,20)26-12-3-1-11(2-4-12)24-9-22-16-14(24)6-5-13-15(16)21-7-10(8-25)23-13/h1-9H. The van der Waals surface area contributed by atoms with Crippen LogP contribution in [0.25, 0.3) is 27.8 Å². The molecule has 130 valence electrons. The number of aldehydes is 1. The number of carbonyl (C=O) groups excluding carboxylic acids is 1. The first-order chi connectivity index (χ1) is 12.4. The van der Waals surface area contributed by atoms with E-state index in [0.29, 0.717) is 34.0 Å². The molecular formula is C17H9F3N4O2. The molecule has 6 nitrogen and oxygen atoms in total. The molecule has 0 amide bonds. The summed E-state index contributed by atoms with van der Waals surface area (Å²) in [5, 5.41) is 0. The maximum absolute atomic E-state index is 12.3. The summed E-state index contributed by atoms with van der Waals surface area (Å²) in [5.74, 6) is -0.302. The van der Waals surface area contributed by atoms with Crippen molar-refractivity contribution >= 4 is 28.4 Å². The Balaban J connectivity index is 1.77. The van der Waals surface area contributed by atoms with Crippen molar-refractivity contribution < 1.29 is 22.7 Å². The Morgan fingerprint density at radius 1 is 1.00 bits per heavy atom. The minimum absolute atomic E-state index is 0.219. The van der Waals surface area contributed by atoms with E-state index in [1.807, 2.05) is 0 Å². The number of imidazole rings is 1. The van der Waals surface area contributed by atoms with Crippen molar-refractivity contribution in [2.75, 3.05) is 0 Å². The van der Waals surface area contributed by atoms with Crippen LogP contribution in [0.4, 0.5) is 13.2 Å². The Labute approximate surface area is 143 Å². The van der Waals surface area contributed by atoms with Gasteiger partial charge in [-0.25, -0.2) is 15.0 Å². The Hall–Kier alpha value is -3.49. The van der Waals surface area contributed by atoms with Gasteiger partial charge in [0.1, 0.15) is 28.8 Å². The summed E-state index contributed by atoms with van der Waals surface area (Å²) in [6, 6.07) is 8.91. The molecule has 0 spiro atoms. The third-order valence-corrected chi connectivity index (χ3v) is 3.72. The highest BCUT2D eigenvalue weighted by atomic mass is 19.4. The third-order valence-electron chi connectivity index (χ3n) is 3.72. The van der Waals surface area contributed by atoms with E-state index in [1.54, 1.807) is 23.0 Å². The van der Waals surface area contributed by atoms with Gasteiger partial charge >= 0.3 is 6.36 Å². The van der Waals surface area contributed by atoms with Crippen molar-refractivity contribution in [3.05, 3.63) is 54.6 Å². The van der Waals surface area contributed by atoms with Crippen LogP contribution in [0.3, 0.4) is 0 Å². The van der Waals surface area contributed by atoms with Gasteiger partial charge in [-0.2, -0.15) is 0 Å². The van der Waals surface area contributed by atoms with Crippen LogP contribution >= 0.6 is 0 Å². The summed E-state index contributed by atoms with van der Waals surface area (Å²) in [6.07, 6.45) is -1.23. The molecule has 0 fully saturated rings. The summed E-state index contributed by atoms with van der Waals surface area (Å²) in [7, 11) is 0. The number of carbonyl (C=O) groups is 1. The number of hydrogen-bond acceptors (Lipinski definition) is 5. The summed E-state index contributed by atoms with van der Waals surface area (Å²) in [6.45, 7) is 0. The first kappa shape index (κ1) is 16.0. The van der Waals surface area contributed by atoms with Crippen molar-refractivity contribution in [2.45, 2.75) is 6.36 Å². The van der Waals surface area contributed by atoms with Gasteiger partial charge < -0.3 is 4.74 Å². The number of halogens is 3. The first-order valence-corrected chi connectivity index (χ1v) is 7.39. The maximum atomic E-state index is 12.3. The van der Waals surface area contributed by atoms with Crippen LogP contribution in [0.5, 0.6) is 5.75 Å². The Kier molecular flexibility index (Phi) is 3.57. The third kappa shape index (κ3) is 2.83. The summed E-state index contributed by atoms with van der Waals surface area (Å²) >= 11 is 0. The average molecular weight is 358 g/mol. The van der Waals surface area contributed by atoms with Crippen LogP contribution in [-0.2, 0) is 0 Å². The molecule has 26 heavy (non-hydrogen) atoms. The molecule has 0 aliphatic carbocycles. The van der Waals surface area contributed by atoms with E-state index in [1.165, 1.54) is 30.5 Å². The van der Waals surface area contributed by atoms with Crippen LogP contribution in [0, 0.1) is 0 Å². The summed E-state index contributed by atoms with van der Waals surface area (Å²) in [4.78, 5) is 23.5. The fourth-order valence-corrected chi connectivity index (χ4v) is 2.64. The van der Waals surface area contributed by atoms with E-state index >= 15 is 0 Å². The monoisotopic (exact) mass is 358 g/mol. The van der Waals surface area contributed by atoms with Gasteiger partial charge in [-0.1, -0.05) is 0 Å². The van der Waals surface area contributed by atoms with Gasteiger partial charge in [0, 0.05) is 5.69 Å². The molecular weight excluding hydrogens is 349 g/mol. The second-order valence-corrected chi connectivity index (χ2v) is 5.37. The number of alkyl halides is 3. The molecule has 2 aromatic carbocycles. The summed E-state index contributed by atoms with van der Waals surface area (Å²) in [5.41, 5.74) is 3.17. The number of rotatable bonds is 3. The molecule has 0 bridgehead atoms. The van der Waals surface area contributed by atoms with Crippen LogP contribution in [0.15, 0.2) is 48.9 Å². The summed E-state index contributed by atoms with van der Waals surface area (Å²) < 4.78 is 42.3. The van der Waals surface area contributed by atoms with Crippen LogP contribution in [-0.4, -0.2) is 32.2 Å². The highest BCUT2D eigenvalue weighted by Crippen LogP contribution is 2.27. The Bertz CT molecular complexity index is 1120. The number of hydrogen-bond donors (Lipinski definition) is 0. The lowest BCUT2D eigenvalue weighted by atomic mass is 10.2. The van der Waals surface area contributed by atoms with E-state index in [9.17, 15) is 18.0 Å². The van der Waals surface area contributed by atoms with Crippen molar-refractivity contribution in [1.82, 2.24) is 19.5 Å². The second kappa shape index (κ2) is 5.80. The number of ether oxygens (including phenoxy) is 1. The van der Waals surface area contributed by atoms with E-state index in [4.69, 9.17) is 0 Å². The van der Waals surface area contributed by atoms with E-state index in [-0.39, 0.29) is 11.4 Å². The van der Waals surface area contributed by atoms with Gasteiger partial charge in [0.05, 0.1) is 17.2 Å². The molecule has 0 saturated heterocycles. The molecule has 0 aliphatic heterocycles. The van der Waals surface area contributed by atoms with Crippen molar-refractivity contribution in [1.29, 1.82) is 0 Å². The number of fused-ring (bicyclic) bond motifs is 3. The van der Waals surface area contributed by atoms with Crippen molar-refractivity contribution in [3.63, 3.8) is 0 Å². The molecule has 0 aliphatic rings.